The Bertz CT molecular complexity index is 1080. The maximum atomic E-state index is 5.90. The summed E-state index contributed by atoms with van der Waals surface area (Å²) in [6.07, 6.45) is 1.79. The summed E-state index contributed by atoms with van der Waals surface area (Å²) in [5.74, 6) is 3.02. The maximum absolute atomic E-state index is 5.90. The number of thiophene rings is 1. The van der Waals surface area contributed by atoms with Gasteiger partial charge in [0.1, 0.15) is 12.4 Å². The van der Waals surface area contributed by atoms with Gasteiger partial charge in [0, 0.05) is 22.5 Å². The van der Waals surface area contributed by atoms with Gasteiger partial charge in [-0.2, -0.15) is 16.3 Å². The molecule has 4 aromatic rings. The Balaban J connectivity index is 1.42. The molecule has 0 bridgehead atoms. The lowest BCUT2D eigenvalue weighted by molar-refractivity contribution is 0.289. The van der Waals surface area contributed by atoms with Crippen LogP contribution in [0.1, 0.15) is 11.7 Å². The smallest absolute Gasteiger partial charge is 0.237 e. The van der Waals surface area contributed by atoms with Crippen molar-refractivity contribution >= 4 is 34.7 Å². The third-order valence-corrected chi connectivity index (χ3v) is 5.75. The summed E-state index contributed by atoms with van der Waals surface area (Å²) < 4.78 is 13.1. The Morgan fingerprint density at radius 1 is 1.24 bits per heavy atom. The quantitative estimate of drug-likeness (QED) is 0.262. The normalized spacial score (nSPS) is 10.9. The van der Waals surface area contributed by atoms with E-state index in [2.05, 4.69) is 26.9 Å². The molecule has 0 N–H and O–H groups in total. The second-order valence-electron chi connectivity index (χ2n) is 5.85. The van der Waals surface area contributed by atoms with Crippen LogP contribution >= 0.6 is 34.7 Å². The van der Waals surface area contributed by atoms with Crippen LogP contribution in [0.3, 0.4) is 0 Å². The van der Waals surface area contributed by atoms with Gasteiger partial charge in [-0.3, -0.25) is 4.57 Å². The Morgan fingerprint density at radius 2 is 2.10 bits per heavy atom. The maximum Gasteiger partial charge on any atom is 0.237 e. The van der Waals surface area contributed by atoms with E-state index in [1.165, 1.54) is 11.8 Å². The summed E-state index contributed by atoms with van der Waals surface area (Å²) in [4.78, 5) is 4.43. The van der Waals surface area contributed by atoms with E-state index in [4.69, 9.17) is 20.9 Å². The molecule has 0 fully saturated rings. The van der Waals surface area contributed by atoms with Crippen LogP contribution in [0.25, 0.3) is 11.4 Å². The molecule has 0 saturated carbocycles. The Morgan fingerprint density at radius 3 is 2.86 bits per heavy atom. The Labute approximate surface area is 180 Å². The lowest BCUT2D eigenvalue weighted by Crippen LogP contribution is -2.07. The van der Waals surface area contributed by atoms with Crippen LogP contribution in [0.15, 0.2) is 63.4 Å². The predicted molar refractivity (Wildman–Crippen MR) is 113 cm³/mol. The Kier molecular flexibility index (Phi) is 6.28. The van der Waals surface area contributed by atoms with E-state index >= 15 is 0 Å². The third-order valence-electron chi connectivity index (χ3n) is 3.86. The molecule has 0 aliphatic carbocycles. The lowest BCUT2D eigenvalue weighted by Gasteiger charge is -2.08. The van der Waals surface area contributed by atoms with Crippen LogP contribution in [0.2, 0.25) is 5.02 Å². The number of rotatable bonds is 9. The first-order valence-corrected chi connectivity index (χ1v) is 10.9. The fourth-order valence-corrected chi connectivity index (χ4v) is 4.04. The molecule has 0 unspecified atom stereocenters. The van der Waals surface area contributed by atoms with E-state index in [9.17, 15) is 0 Å². The van der Waals surface area contributed by atoms with E-state index < -0.39 is 0 Å². The summed E-state index contributed by atoms with van der Waals surface area (Å²) in [5.41, 5.74) is 0.950. The van der Waals surface area contributed by atoms with Gasteiger partial charge in [0.25, 0.3) is 0 Å². The highest BCUT2D eigenvalue weighted by atomic mass is 35.5. The zero-order valence-electron chi connectivity index (χ0n) is 15.2. The minimum absolute atomic E-state index is 0.284. The van der Waals surface area contributed by atoms with Crippen molar-refractivity contribution in [3.05, 3.63) is 70.5 Å². The minimum atomic E-state index is 0.284. The van der Waals surface area contributed by atoms with Gasteiger partial charge in [0.05, 0.1) is 5.75 Å². The molecule has 29 heavy (non-hydrogen) atoms. The molecule has 1 aromatic carbocycles. The second kappa shape index (κ2) is 9.25. The number of aromatic nitrogens is 5. The summed E-state index contributed by atoms with van der Waals surface area (Å²) in [5, 5.41) is 17.9. The monoisotopic (exact) mass is 445 g/mol. The summed E-state index contributed by atoms with van der Waals surface area (Å²) in [6.45, 7) is 4.67. The van der Waals surface area contributed by atoms with Gasteiger partial charge in [-0.1, -0.05) is 34.6 Å². The van der Waals surface area contributed by atoms with Gasteiger partial charge in [0.2, 0.25) is 11.7 Å². The van der Waals surface area contributed by atoms with Gasteiger partial charge in [-0.15, -0.1) is 16.8 Å². The molecule has 148 valence electrons. The molecule has 0 atom stereocenters. The van der Waals surface area contributed by atoms with E-state index in [1.54, 1.807) is 29.5 Å². The zero-order valence-corrected chi connectivity index (χ0v) is 17.6. The SMILES string of the molecule is C=CCn1c(COc2ccc(Cl)cc2)nnc1SCc1nc(-c2ccsc2)no1. The van der Waals surface area contributed by atoms with Crippen LogP contribution in [0, 0.1) is 0 Å². The first-order valence-electron chi connectivity index (χ1n) is 8.62. The molecule has 10 heteroatoms. The molecule has 7 nitrogen and oxygen atoms in total. The zero-order chi connectivity index (χ0) is 20.1. The summed E-state index contributed by atoms with van der Waals surface area (Å²) >= 11 is 8.96. The largest absolute Gasteiger partial charge is 0.486 e. The van der Waals surface area contributed by atoms with Crippen molar-refractivity contribution in [2.24, 2.45) is 0 Å². The number of allylic oxidation sites excluding steroid dienone is 1. The first-order chi connectivity index (χ1) is 14.2. The van der Waals surface area contributed by atoms with Crippen LogP contribution in [0.5, 0.6) is 5.75 Å². The second-order valence-corrected chi connectivity index (χ2v) is 8.01. The van der Waals surface area contributed by atoms with Gasteiger partial charge in [-0.25, -0.2) is 0 Å². The molecule has 3 heterocycles. The van der Waals surface area contributed by atoms with Crippen molar-refractivity contribution < 1.29 is 9.26 Å². The number of thioether (sulfide) groups is 1. The van der Waals surface area contributed by atoms with E-state index in [-0.39, 0.29) is 6.61 Å². The number of halogens is 1. The lowest BCUT2D eigenvalue weighted by atomic mass is 10.3. The highest BCUT2D eigenvalue weighted by Crippen LogP contribution is 2.25. The van der Waals surface area contributed by atoms with Crippen molar-refractivity contribution in [2.75, 3.05) is 0 Å². The van der Waals surface area contributed by atoms with E-state index in [0.717, 1.165) is 10.7 Å². The molecule has 0 radical (unpaired) electrons. The van der Waals surface area contributed by atoms with Gasteiger partial charge in [-0.05, 0) is 35.7 Å². The number of ether oxygens (including phenoxy) is 1. The highest BCUT2D eigenvalue weighted by molar-refractivity contribution is 7.98. The molecular weight excluding hydrogens is 430 g/mol. The molecule has 0 aliphatic heterocycles. The number of benzene rings is 1. The van der Waals surface area contributed by atoms with Crippen molar-refractivity contribution in [1.29, 1.82) is 0 Å². The number of hydrogen-bond donors (Lipinski definition) is 0. The average Bonchev–Trinajstić information content (AvgIpc) is 3.48. The third kappa shape index (κ3) is 4.87. The van der Waals surface area contributed by atoms with Crippen LogP contribution in [-0.4, -0.2) is 24.9 Å². The molecular formula is C19H16ClN5O2S2. The van der Waals surface area contributed by atoms with Crippen LogP contribution in [0.4, 0.5) is 0 Å². The van der Waals surface area contributed by atoms with Gasteiger partial charge in [0.15, 0.2) is 11.0 Å². The molecule has 3 aromatic heterocycles. The fourth-order valence-electron chi connectivity index (χ4n) is 2.47. The average molecular weight is 446 g/mol. The van der Waals surface area contributed by atoms with Crippen molar-refractivity contribution in [3.8, 4) is 17.1 Å². The van der Waals surface area contributed by atoms with Gasteiger partial charge >= 0.3 is 0 Å². The molecule has 0 amide bonds. The first kappa shape index (κ1) is 19.7. The topological polar surface area (TPSA) is 78.9 Å². The minimum Gasteiger partial charge on any atom is -0.486 e. The molecule has 4 rings (SSSR count). The van der Waals surface area contributed by atoms with Crippen LogP contribution in [-0.2, 0) is 18.9 Å². The van der Waals surface area contributed by atoms with E-state index in [0.29, 0.717) is 40.6 Å². The molecule has 0 aliphatic rings. The molecule has 0 spiro atoms. The summed E-state index contributed by atoms with van der Waals surface area (Å²) in [7, 11) is 0. The Hall–Kier alpha value is -2.62. The predicted octanol–water partition coefficient (Wildman–Crippen LogP) is 5.10. The fraction of sp³-hybridized carbons (Fsp3) is 0.158. The van der Waals surface area contributed by atoms with Crippen molar-refractivity contribution in [3.63, 3.8) is 0 Å². The van der Waals surface area contributed by atoms with Crippen molar-refractivity contribution in [1.82, 2.24) is 24.9 Å². The van der Waals surface area contributed by atoms with Crippen molar-refractivity contribution in [2.45, 2.75) is 24.1 Å². The number of hydrogen-bond acceptors (Lipinski definition) is 8. The van der Waals surface area contributed by atoms with Gasteiger partial charge < -0.3 is 9.26 Å². The number of nitrogens with zero attached hydrogens (tertiary/aromatic N) is 5. The molecule has 0 saturated heterocycles. The highest BCUT2D eigenvalue weighted by Gasteiger charge is 2.15. The summed E-state index contributed by atoms with van der Waals surface area (Å²) in [6, 6.07) is 9.14. The van der Waals surface area contributed by atoms with Crippen LogP contribution < -0.4 is 4.74 Å². The standard InChI is InChI=1S/C19H16ClN5O2S2/c1-2-8-25-16(10-26-15-5-3-14(20)4-6-15)22-23-19(25)29-12-17-21-18(24-27-17)13-7-9-28-11-13/h2-7,9,11H,1,8,10,12H2. The van der Waals surface area contributed by atoms with E-state index in [1.807, 2.05) is 33.5 Å².